The van der Waals surface area contributed by atoms with E-state index in [2.05, 4.69) is 15.3 Å². The Kier molecular flexibility index (Phi) is 7.01. The van der Waals surface area contributed by atoms with Crippen molar-refractivity contribution in [3.63, 3.8) is 0 Å². The molecule has 1 aromatic rings. The molecule has 0 radical (unpaired) electrons. The molecular weight excluding hydrogens is 368 g/mol. The summed E-state index contributed by atoms with van der Waals surface area (Å²) < 4.78 is 34.4. The van der Waals surface area contributed by atoms with Crippen LogP contribution in [-0.4, -0.2) is 52.1 Å². The maximum atomic E-state index is 14.5. The van der Waals surface area contributed by atoms with Gasteiger partial charge in [0, 0.05) is 43.7 Å². The van der Waals surface area contributed by atoms with Crippen molar-refractivity contribution < 1.29 is 18.3 Å². The van der Waals surface area contributed by atoms with Gasteiger partial charge in [0.05, 0.1) is 0 Å². The summed E-state index contributed by atoms with van der Waals surface area (Å²) in [6.45, 7) is 8.09. The van der Waals surface area contributed by atoms with Crippen LogP contribution in [0.25, 0.3) is 0 Å². The van der Waals surface area contributed by atoms with Crippen molar-refractivity contribution in [2.24, 2.45) is 5.92 Å². The van der Waals surface area contributed by atoms with Gasteiger partial charge in [-0.15, -0.1) is 0 Å². The van der Waals surface area contributed by atoms with E-state index in [0.29, 0.717) is 31.4 Å². The van der Waals surface area contributed by atoms with Gasteiger partial charge in [-0.2, -0.15) is 4.98 Å². The molecule has 1 saturated heterocycles. The Labute approximate surface area is 165 Å². The summed E-state index contributed by atoms with van der Waals surface area (Å²) in [5.41, 5.74) is 5.78. The highest BCUT2D eigenvalue weighted by Gasteiger charge is 2.41. The summed E-state index contributed by atoms with van der Waals surface area (Å²) in [4.78, 5) is 21.8. The topological polar surface area (TPSA) is 93.4 Å². The maximum Gasteiger partial charge on any atom is 0.410 e. The first-order valence-corrected chi connectivity index (χ1v) is 9.67. The molecule has 1 aliphatic heterocycles. The SMILES string of the molecule is Cc1cc(N)nc(NCCCC(F)(F)C2CCN(C(=O)OC(C)(C)C)CC2)n1. The number of nitrogen functional groups attached to an aromatic ring is 1. The molecule has 1 aromatic heterocycles. The minimum Gasteiger partial charge on any atom is -0.444 e. The molecule has 1 amide bonds. The van der Waals surface area contributed by atoms with E-state index in [4.69, 9.17) is 10.5 Å². The van der Waals surface area contributed by atoms with Crippen LogP contribution in [0.3, 0.4) is 0 Å². The van der Waals surface area contributed by atoms with E-state index in [1.54, 1.807) is 33.8 Å². The molecule has 28 heavy (non-hydrogen) atoms. The molecule has 9 heteroatoms. The molecule has 7 nitrogen and oxygen atoms in total. The number of anilines is 2. The highest BCUT2D eigenvalue weighted by molar-refractivity contribution is 5.68. The zero-order valence-electron chi connectivity index (χ0n) is 17.1. The van der Waals surface area contributed by atoms with Gasteiger partial charge in [0.1, 0.15) is 11.4 Å². The van der Waals surface area contributed by atoms with Crippen LogP contribution in [-0.2, 0) is 4.74 Å². The fourth-order valence-electron chi connectivity index (χ4n) is 3.21. The van der Waals surface area contributed by atoms with Crippen molar-refractivity contribution in [2.45, 2.75) is 64.9 Å². The minimum absolute atomic E-state index is 0.224. The van der Waals surface area contributed by atoms with Crippen molar-refractivity contribution in [3.05, 3.63) is 11.8 Å². The monoisotopic (exact) mass is 399 g/mol. The molecule has 0 unspecified atom stereocenters. The molecule has 2 rings (SSSR count). The van der Waals surface area contributed by atoms with E-state index in [1.165, 1.54) is 4.90 Å². The van der Waals surface area contributed by atoms with Crippen LogP contribution in [0.5, 0.6) is 0 Å². The second-order valence-electron chi connectivity index (χ2n) is 8.29. The lowest BCUT2D eigenvalue weighted by Crippen LogP contribution is -2.45. The lowest BCUT2D eigenvalue weighted by Gasteiger charge is -2.36. The molecule has 2 heterocycles. The highest BCUT2D eigenvalue weighted by Crippen LogP contribution is 2.36. The third-order valence-corrected chi connectivity index (χ3v) is 4.59. The third-order valence-electron chi connectivity index (χ3n) is 4.59. The molecule has 0 bridgehead atoms. The zero-order valence-corrected chi connectivity index (χ0v) is 17.1. The van der Waals surface area contributed by atoms with Gasteiger partial charge in [-0.1, -0.05) is 0 Å². The number of nitrogens with one attached hydrogen (secondary N) is 1. The second-order valence-corrected chi connectivity index (χ2v) is 8.29. The standard InChI is InChI=1S/C19H31F2N5O2/c1-13-12-15(22)25-16(24-13)23-9-5-8-19(20,21)14-6-10-26(11-7-14)17(27)28-18(2,3)4/h12,14H,5-11H2,1-4H3,(H3,22,23,24,25). The van der Waals surface area contributed by atoms with Gasteiger partial charge in [0.2, 0.25) is 5.95 Å². The summed E-state index contributed by atoms with van der Waals surface area (Å²) in [7, 11) is 0. The van der Waals surface area contributed by atoms with Gasteiger partial charge in [-0.25, -0.2) is 18.6 Å². The molecule has 3 N–H and O–H groups in total. The number of rotatable bonds is 6. The van der Waals surface area contributed by atoms with Crippen molar-refractivity contribution in [3.8, 4) is 0 Å². The molecule has 0 atom stereocenters. The molecule has 158 valence electrons. The summed E-state index contributed by atoms with van der Waals surface area (Å²) in [5.74, 6) is -2.80. The van der Waals surface area contributed by atoms with Gasteiger partial charge in [-0.05, 0) is 47.0 Å². The maximum absolute atomic E-state index is 14.5. The molecule has 0 spiro atoms. The number of hydrogen-bond acceptors (Lipinski definition) is 6. The highest BCUT2D eigenvalue weighted by atomic mass is 19.3. The Morgan fingerprint density at radius 1 is 1.32 bits per heavy atom. The van der Waals surface area contributed by atoms with Crippen LogP contribution in [0.2, 0.25) is 0 Å². The predicted molar refractivity (Wildman–Crippen MR) is 104 cm³/mol. The normalized spacial score (nSPS) is 16.1. The van der Waals surface area contributed by atoms with E-state index >= 15 is 0 Å². The van der Waals surface area contributed by atoms with Gasteiger partial charge in [0.25, 0.3) is 5.92 Å². The smallest absolute Gasteiger partial charge is 0.410 e. The van der Waals surface area contributed by atoms with Crippen molar-refractivity contribution >= 4 is 17.9 Å². The number of ether oxygens (including phenoxy) is 1. The second kappa shape index (κ2) is 8.87. The first-order valence-electron chi connectivity index (χ1n) is 9.67. The van der Waals surface area contributed by atoms with E-state index < -0.39 is 23.5 Å². The van der Waals surface area contributed by atoms with E-state index in [1.807, 2.05) is 0 Å². The summed E-state index contributed by atoms with van der Waals surface area (Å²) in [6, 6.07) is 1.64. The van der Waals surface area contributed by atoms with E-state index in [-0.39, 0.29) is 25.7 Å². The number of carbonyl (C=O) groups is 1. The number of alkyl halides is 2. The van der Waals surface area contributed by atoms with Gasteiger partial charge in [0.15, 0.2) is 0 Å². The lowest BCUT2D eigenvalue weighted by molar-refractivity contribution is -0.0859. The minimum atomic E-state index is -2.77. The predicted octanol–water partition coefficient (Wildman–Crippen LogP) is 3.84. The number of carbonyl (C=O) groups excluding carboxylic acids is 1. The Morgan fingerprint density at radius 2 is 1.96 bits per heavy atom. The van der Waals surface area contributed by atoms with E-state index in [9.17, 15) is 13.6 Å². The number of nitrogens with two attached hydrogens (primary N) is 1. The van der Waals surface area contributed by atoms with Crippen LogP contribution in [0.1, 0.15) is 52.1 Å². The average Bonchev–Trinajstić information content (AvgIpc) is 2.56. The van der Waals surface area contributed by atoms with Gasteiger partial charge >= 0.3 is 6.09 Å². The molecule has 0 aromatic carbocycles. The number of hydrogen-bond donors (Lipinski definition) is 2. The zero-order chi connectivity index (χ0) is 20.9. The molecule has 0 aliphatic carbocycles. The summed E-state index contributed by atoms with van der Waals surface area (Å²) >= 11 is 0. The molecule has 1 aliphatic rings. The Bertz CT molecular complexity index is 651. The summed E-state index contributed by atoms with van der Waals surface area (Å²) in [6.07, 6.45) is 0.180. The number of halogens is 2. The molecule has 1 fully saturated rings. The fraction of sp³-hybridized carbons (Fsp3) is 0.737. The van der Waals surface area contributed by atoms with Crippen LogP contribution in [0.15, 0.2) is 6.07 Å². The number of likely N-dealkylation sites (tertiary alicyclic amines) is 1. The van der Waals surface area contributed by atoms with Crippen molar-refractivity contribution in [1.29, 1.82) is 0 Å². The number of aryl methyl sites for hydroxylation is 1. The largest absolute Gasteiger partial charge is 0.444 e. The Morgan fingerprint density at radius 3 is 2.54 bits per heavy atom. The fourth-order valence-corrected chi connectivity index (χ4v) is 3.21. The quantitative estimate of drug-likeness (QED) is 0.706. The Balaban J connectivity index is 1.75. The first-order chi connectivity index (χ1) is 13.0. The van der Waals surface area contributed by atoms with Gasteiger partial charge in [-0.3, -0.25) is 0 Å². The molecule has 0 saturated carbocycles. The summed E-state index contributed by atoms with van der Waals surface area (Å²) in [5, 5.41) is 2.94. The van der Waals surface area contributed by atoms with Crippen LogP contribution in [0, 0.1) is 12.8 Å². The van der Waals surface area contributed by atoms with Crippen LogP contribution < -0.4 is 11.1 Å². The number of amides is 1. The van der Waals surface area contributed by atoms with Gasteiger partial charge < -0.3 is 20.7 Å². The van der Waals surface area contributed by atoms with E-state index in [0.717, 1.165) is 5.69 Å². The first kappa shape index (κ1) is 22.1. The van der Waals surface area contributed by atoms with Crippen LogP contribution >= 0.6 is 0 Å². The van der Waals surface area contributed by atoms with Crippen molar-refractivity contribution in [2.75, 3.05) is 30.7 Å². The van der Waals surface area contributed by atoms with Crippen LogP contribution in [0.4, 0.5) is 25.3 Å². The Hall–Kier alpha value is -2.19. The molecular formula is C19H31F2N5O2. The number of aromatic nitrogens is 2. The lowest BCUT2D eigenvalue weighted by atomic mass is 9.88. The van der Waals surface area contributed by atoms with Crippen molar-refractivity contribution in [1.82, 2.24) is 14.9 Å². The third kappa shape index (κ3) is 6.76. The number of nitrogens with zero attached hydrogens (tertiary/aromatic N) is 3. The average molecular weight is 399 g/mol. The number of piperidine rings is 1.